The fourth-order valence-corrected chi connectivity index (χ4v) is 4.10. The van der Waals surface area contributed by atoms with Gasteiger partial charge in [0.05, 0.1) is 11.6 Å². The van der Waals surface area contributed by atoms with Gasteiger partial charge < -0.3 is 14.6 Å². The summed E-state index contributed by atoms with van der Waals surface area (Å²) in [6.07, 6.45) is 4.13. The van der Waals surface area contributed by atoms with Crippen LogP contribution in [0.3, 0.4) is 0 Å². The Morgan fingerprint density at radius 3 is 2.72 bits per heavy atom. The van der Waals surface area contributed by atoms with Crippen molar-refractivity contribution in [3.05, 3.63) is 84.2 Å². The Hall–Kier alpha value is -3.93. The Balaban J connectivity index is 1.31. The lowest BCUT2D eigenvalue weighted by Crippen LogP contribution is -2.28. The molecule has 2 amide bonds. The average Bonchev–Trinajstić information content (AvgIpc) is 3.40. The molecule has 1 aliphatic heterocycles. The number of pyridine rings is 1. The Morgan fingerprint density at radius 2 is 1.91 bits per heavy atom. The molecule has 160 valence electrons. The lowest BCUT2D eigenvalue weighted by Gasteiger charge is -2.18. The summed E-state index contributed by atoms with van der Waals surface area (Å²) >= 11 is 0. The standard InChI is InChI=1S/C26H24N4O2/c1-17-9-10-22(12-18(17)2)30-15-20(14-25(30)31)26(32)27-21-7-5-6-19(13-21)23-16-29-11-4-3-8-24(29)28-23/h3-13,16,20H,14-15H2,1-2H3,(H,27,32)/t20-/m0/s1. The van der Waals surface area contributed by atoms with E-state index in [-0.39, 0.29) is 24.2 Å². The number of rotatable bonds is 4. The minimum Gasteiger partial charge on any atom is -0.326 e. The van der Waals surface area contributed by atoms with Crippen LogP contribution in [0.4, 0.5) is 11.4 Å². The minimum atomic E-state index is -0.386. The van der Waals surface area contributed by atoms with E-state index in [9.17, 15) is 9.59 Å². The van der Waals surface area contributed by atoms with Gasteiger partial charge in [-0.1, -0.05) is 24.3 Å². The zero-order chi connectivity index (χ0) is 22.2. The van der Waals surface area contributed by atoms with E-state index in [0.29, 0.717) is 12.2 Å². The number of benzene rings is 2. The fraction of sp³-hybridized carbons (Fsp3) is 0.192. The quantitative estimate of drug-likeness (QED) is 0.520. The lowest BCUT2D eigenvalue weighted by molar-refractivity contribution is -0.122. The predicted octanol–water partition coefficient (Wildman–Crippen LogP) is 4.61. The smallest absolute Gasteiger partial charge is 0.229 e. The zero-order valence-corrected chi connectivity index (χ0v) is 18.1. The predicted molar refractivity (Wildman–Crippen MR) is 126 cm³/mol. The van der Waals surface area contributed by atoms with E-state index >= 15 is 0 Å². The van der Waals surface area contributed by atoms with E-state index < -0.39 is 0 Å². The molecule has 6 nitrogen and oxygen atoms in total. The molecule has 5 rings (SSSR count). The van der Waals surface area contributed by atoms with E-state index in [1.54, 1.807) is 4.90 Å². The van der Waals surface area contributed by atoms with Crippen molar-refractivity contribution in [2.24, 2.45) is 5.92 Å². The van der Waals surface area contributed by atoms with Crippen LogP contribution in [-0.2, 0) is 9.59 Å². The number of anilines is 2. The van der Waals surface area contributed by atoms with Gasteiger partial charge in [0.25, 0.3) is 0 Å². The van der Waals surface area contributed by atoms with Crippen molar-refractivity contribution in [3.63, 3.8) is 0 Å². The highest BCUT2D eigenvalue weighted by atomic mass is 16.2. The topological polar surface area (TPSA) is 66.7 Å². The molecule has 1 aliphatic rings. The maximum absolute atomic E-state index is 12.9. The molecule has 1 saturated heterocycles. The molecule has 2 aromatic heterocycles. The van der Waals surface area contributed by atoms with Crippen LogP contribution in [0.2, 0.25) is 0 Å². The molecule has 0 bridgehead atoms. The normalized spacial score (nSPS) is 16.0. The Labute approximate surface area is 186 Å². The summed E-state index contributed by atoms with van der Waals surface area (Å²) in [6.45, 7) is 4.46. The van der Waals surface area contributed by atoms with Crippen molar-refractivity contribution in [3.8, 4) is 11.3 Å². The summed E-state index contributed by atoms with van der Waals surface area (Å²) in [7, 11) is 0. The molecule has 0 unspecified atom stereocenters. The minimum absolute atomic E-state index is 0.0214. The largest absolute Gasteiger partial charge is 0.326 e. The molecule has 1 atom stereocenters. The molecular formula is C26H24N4O2. The van der Waals surface area contributed by atoms with Crippen LogP contribution in [0.5, 0.6) is 0 Å². The summed E-state index contributed by atoms with van der Waals surface area (Å²) < 4.78 is 1.96. The Morgan fingerprint density at radius 1 is 1.03 bits per heavy atom. The van der Waals surface area contributed by atoms with Crippen molar-refractivity contribution in [2.75, 3.05) is 16.8 Å². The average molecular weight is 425 g/mol. The second-order valence-corrected chi connectivity index (χ2v) is 8.34. The van der Waals surface area contributed by atoms with Gasteiger partial charge in [-0.25, -0.2) is 4.98 Å². The monoisotopic (exact) mass is 424 g/mol. The molecule has 3 heterocycles. The molecule has 0 spiro atoms. The number of fused-ring (bicyclic) bond motifs is 1. The van der Waals surface area contributed by atoms with Gasteiger partial charge in [0.1, 0.15) is 5.65 Å². The highest BCUT2D eigenvalue weighted by molar-refractivity contribution is 6.03. The van der Waals surface area contributed by atoms with Gasteiger partial charge in [-0.15, -0.1) is 0 Å². The molecule has 32 heavy (non-hydrogen) atoms. The van der Waals surface area contributed by atoms with Crippen molar-refractivity contribution >= 4 is 28.8 Å². The van der Waals surface area contributed by atoms with Crippen molar-refractivity contribution in [1.29, 1.82) is 0 Å². The summed E-state index contributed by atoms with van der Waals surface area (Å²) in [5.74, 6) is -0.549. The molecule has 4 aromatic rings. The molecule has 0 radical (unpaired) electrons. The Kier molecular flexibility index (Phi) is 4.98. The highest BCUT2D eigenvalue weighted by Gasteiger charge is 2.35. The van der Waals surface area contributed by atoms with Gasteiger partial charge in [0.15, 0.2) is 0 Å². The number of carbonyl (C=O) groups is 2. The van der Waals surface area contributed by atoms with Crippen LogP contribution in [-0.4, -0.2) is 27.7 Å². The highest BCUT2D eigenvalue weighted by Crippen LogP contribution is 2.28. The second-order valence-electron chi connectivity index (χ2n) is 8.34. The van der Waals surface area contributed by atoms with E-state index in [1.165, 1.54) is 5.56 Å². The number of imidazole rings is 1. The number of nitrogens with one attached hydrogen (secondary N) is 1. The summed E-state index contributed by atoms with van der Waals surface area (Å²) in [5, 5.41) is 2.99. The zero-order valence-electron chi connectivity index (χ0n) is 18.1. The van der Waals surface area contributed by atoms with Crippen LogP contribution >= 0.6 is 0 Å². The van der Waals surface area contributed by atoms with Gasteiger partial charge in [0.2, 0.25) is 11.8 Å². The lowest BCUT2D eigenvalue weighted by atomic mass is 10.1. The summed E-state index contributed by atoms with van der Waals surface area (Å²) in [4.78, 5) is 31.9. The van der Waals surface area contributed by atoms with Crippen LogP contribution in [0.1, 0.15) is 17.5 Å². The van der Waals surface area contributed by atoms with Crippen LogP contribution < -0.4 is 10.2 Å². The van der Waals surface area contributed by atoms with Crippen LogP contribution in [0.25, 0.3) is 16.9 Å². The fourth-order valence-electron chi connectivity index (χ4n) is 4.10. The maximum Gasteiger partial charge on any atom is 0.229 e. The van der Waals surface area contributed by atoms with E-state index in [1.807, 2.05) is 91.3 Å². The second kappa shape index (κ2) is 7.96. The van der Waals surface area contributed by atoms with Crippen molar-refractivity contribution < 1.29 is 9.59 Å². The number of nitrogens with zero attached hydrogens (tertiary/aromatic N) is 3. The van der Waals surface area contributed by atoms with Gasteiger partial charge >= 0.3 is 0 Å². The van der Waals surface area contributed by atoms with E-state index in [2.05, 4.69) is 10.3 Å². The first kappa shape index (κ1) is 20.0. The van der Waals surface area contributed by atoms with Crippen molar-refractivity contribution in [2.45, 2.75) is 20.3 Å². The molecule has 1 fully saturated rings. The van der Waals surface area contributed by atoms with Gasteiger partial charge in [0, 0.05) is 42.3 Å². The molecule has 6 heteroatoms. The summed E-state index contributed by atoms with van der Waals surface area (Å²) in [5.41, 5.74) is 6.49. The third-order valence-electron chi connectivity index (χ3n) is 6.09. The molecule has 0 saturated carbocycles. The van der Waals surface area contributed by atoms with E-state index in [0.717, 1.165) is 28.2 Å². The van der Waals surface area contributed by atoms with Gasteiger partial charge in [-0.2, -0.15) is 0 Å². The third kappa shape index (κ3) is 3.75. The number of aryl methyl sites for hydroxylation is 2. The number of amides is 2. The number of hydrogen-bond donors (Lipinski definition) is 1. The first-order chi connectivity index (χ1) is 15.5. The molecule has 0 aliphatic carbocycles. The SMILES string of the molecule is Cc1ccc(N2C[C@@H](C(=O)Nc3cccc(-c4cn5ccccc5n4)c3)CC2=O)cc1C. The number of aromatic nitrogens is 2. The van der Waals surface area contributed by atoms with Gasteiger partial charge in [-0.3, -0.25) is 9.59 Å². The van der Waals surface area contributed by atoms with Gasteiger partial charge in [-0.05, 0) is 61.4 Å². The van der Waals surface area contributed by atoms with Crippen LogP contribution in [0, 0.1) is 19.8 Å². The first-order valence-electron chi connectivity index (χ1n) is 10.7. The number of hydrogen-bond acceptors (Lipinski definition) is 3. The molecule has 1 N–H and O–H groups in total. The van der Waals surface area contributed by atoms with Crippen LogP contribution in [0.15, 0.2) is 73.1 Å². The summed E-state index contributed by atoms with van der Waals surface area (Å²) in [6, 6.07) is 19.5. The van der Waals surface area contributed by atoms with Crippen molar-refractivity contribution in [1.82, 2.24) is 9.38 Å². The first-order valence-corrected chi connectivity index (χ1v) is 10.7. The maximum atomic E-state index is 12.9. The third-order valence-corrected chi connectivity index (χ3v) is 6.09. The number of carbonyl (C=O) groups excluding carboxylic acids is 2. The van der Waals surface area contributed by atoms with E-state index in [4.69, 9.17) is 0 Å². The Bertz CT molecular complexity index is 1310. The molecular weight excluding hydrogens is 400 g/mol. The molecule has 2 aromatic carbocycles.